The second-order valence-corrected chi connectivity index (χ2v) is 6.45. The lowest BCUT2D eigenvalue weighted by molar-refractivity contribution is 0.301. The summed E-state index contributed by atoms with van der Waals surface area (Å²) < 4.78 is 34.3. The zero-order valence-corrected chi connectivity index (χ0v) is 14.8. The molecule has 0 unspecified atom stereocenters. The SMILES string of the molecule is Cc1ccc(F)cc1C1=Cn2cc(COc3ccc(F)cc3)nc2CC=C1. The van der Waals surface area contributed by atoms with Gasteiger partial charge in [0.05, 0.1) is 5.69 Å². The number of nitrogens with zero attached hydrogens (tertiary/aromatic N) is 2. The van der Waals surface area contributed by atoms with Gasteiger partial charge in [0.2, 0.25) is 0 Å². The van der Waals surface area contributed by atoms with Crippen LogP contribution < -0.4 is 4.74 Å². The first-order chi connectivity index (χ1) is 13.1. The average molecular weight is 364 g/mol. The fourth-order valence-electron chi connectivity index (χ4n) is 3.06. The number of aromatic nitrogens is 2. The third-order valence-corrected chi connectivity index (χ3v) is 4.45. The number of halogens is 2. The van der Waals surface area contributed by atoms with Crippen molar-refractivity contribution in [2.24, 2.45) is 0 Å². The Labute approximate surface area is 156 Å². The minimum atomic E-state index is -0.298. The number of aryl methyl sites for hydroxylation is 1. The molecule has 0 amide bonds. The first-order valence-electron chi connectivity index (χ1n) is 8.68. The lowest BCUT2D eigenvalue weighted by Gasteiger charge is -2.07. The highest BCUT2D eigenvalue weighted by molar-refractivity contribution is 5.84. The Morgan fingerprint density at radius 2 is 1.85 bits per heavy atom. The van der Waals surface area contributed by atoms with Crippen molar-refractivity contribution in [2.75, 3.05) is 0 Å². The van der Waals surface area contributed by atoms with E-state index in [1.807, 2.05) is 36.0 Å². The van der Waals surface area contributed by atoms with E-state index in [0.29, 0.717) is 12.2 Å². The van der Waals surface area contributed by atoms with Crippen molar-refractivity contribution >= 4 is 11.8 Å². The number of hydrogen-bond acceptors (Lipinski definition) is 2. The summed E-state index contributed by atoms with van der Waals surface area (Å²) in [6.45, 7) is 2.25. The second-order valence-electron chi connectivity index (χ2n) is 6.45. The quantitative estimate of drug-likeness (QED) is 0.639. The fraction of sp³-hybridized carbons (Fsp3) is 0.136. The Balaban J connectivity index is 1.58. The number of benzene rings is 2. The number of ether oxygens (including phenoxy) is 1. The van der Waals surface area contributed by atoms with Gasteiger partial charge in [-0.2, -0.15) is 0 Å². The molecule has 0 N–H and O–H groups in total. The molecule has 4 rings (SSSR count). The van der Waals surface area contributed by atoms with E-state index >= 15 is 0 Å². The third-order valence-electron chi connectivity index (χ3n) is 4.45. The first-order valence-corrected chi connectivity index (χ1v) is 8.68. The topological polar surface area (TPSA) is 27.1 Å². The van der Waals surface area contributed by atoms with Crippen molar-refractivity contribution in [3.8, 4) is 5.75 Å². The normalized spacial score (nSPS) is 13.1. The Bertz CT molecular complexity index is 1030. The largest absolute Gasteiger partial charge is 0.487 e. The average Bonchev–Trinajstić information content (AvgIpc) is 2.93. The van der Waals surface area contributed by atoms with Crippen molar-refractivity contribution in [3.05, 3.63) is 95.1 Å². The zero-order chi connectivity index (χ0) is 18.8. The van der Waals surface area contributed by atoms with Crippen molar-refractivity contribution in [3.63, 3.8) is 0 Å². The number of imidazole rings is 1. The minimum Gasteiger partial charge on any atom is -0.487 e. The number of allylic oxidation sites excluding steroid dienone is 3. The van der Waals surface area contributed by atoms with E-state index in [1.165, 1.54) is 18.2 Å². The molecule has 0 fully saturated rings. The predicted octanol–water partition coefficient (Wildman–Crippen LogP) is 5.16. The van der Waals surface area contributed by atoms with Gasteiger partial charge in [0.15, 0.2) is 0 Å². The fourth-order valence-corrected chi connectivity index (χ4v) is 3.06. The molecular weight excluding hydrogens is 346 g/mol. The van der Waals surface area contributed by atoms with Crippen molar-refractivity contribution in [1.29, 1.82) is 0 Å². The van der Waals surface area contributed by atoms with Crippen molar-refractivity contribution < 1.29 is 13.5 Å². The maximum absolute atomic E-state index is 13.7. The highest BCUT2D eigenvalue weighted by atomic mass is 19.1. The van der Waals surface area contributed by atoms with Crippen LogP contribution in [-0.4, -0.2) is 9.55 Å². The summed E-state index contributed by atoms with van der Waals surface area (Å²) in [6.07, 6.45) is 8.54. The summed E-state index contributed by atoms with van der Waals surface area (Å²) in [5, 5.41) is 0. The van der Waals surface area contributed by atoms with Gasteiger partial charge in [-0.3, -0.25) is 0 Å². The maximum atomic E-state index is 13.7. The van der Waals surface area contributed by atoms with E-state index in [9.17, 15) is 8.78 Å². The van der Waals surface area contributed by atoms with Crippen LogP contribution in [0.15, 0.2) is 60.8 Å². The van der Waals surface area contributed by atoms with Crippen molar-refractivity contribution in [1.82, 2.24) is 9.55 Å². The lowest BCUT2D eigenvalue weighted by Crippen LogP contribution is -1.96. The molecule has 3 nitrogen and oxygen atoms in total. The van der Waals surface area contributed by atoms with Crippen LogP contribution in [-0.2, 0) is 13.0 Å². The molecule has 27 heavy (non-hydrogen) atoms. The Hall–Kier alpha value is -3.21. The van der Waals surface area contributed by atoms with Gasteiger partial charge in [0.25, 0.3) is 0 Å². The molecule has 136 valence electrons. The Kier molecular flexibility index (Phi) is 4.59. The third kappa shape index (κ3) is 3.82. The van der Waals surface area contributed by atoms with Crippen LogP contribution in [0.2, 0.25) is 0 Å². The Morgan fingerprint density at radius 1 is 1.07 bits per heavy atom. The second kappa shape index (κ2) is 7.19. The van der Waals surface area contributed by atoms with Crippen LogP contribution in [0.5, 0.6) is 5.75 Å². The van der Waals surface area contributed by atoms with E-state index < -0.39 is 0 Å². The zero-order valence-electron chi connectivity index (χ0n) is 14.8. The van der Waals surface area contributed by atoms with E-state index in [-0.39, 0.29) is 18.2 Å². The molecule has 2 heterocycles. The van der Waals surface area contributed by atoms with Gasteiger partial charge in [-0.1, -0.05) is 18.2 Å². The molecule has 0 saturated heterocycles. The molecular formula is C22H18F2N2O. The van der Waals surface area contributed by atoms with Gasteiger partial charge in [0, 0.05) is 18.8 Å². The van der Waals surface area contributed by atoms with Crippen molar-refractivity contribution in [2.45, 2.75) is 20.0 Å². The maximum Gasteiger partial charge on any atom is 0.132 e. The highest BCUT2D eigenvalue weighted by Crippen LogP contribution is 2.25. The Morgan fingerprint density at radius 3 is 2.67 bits per heavy atom. The molecule has 1 aliphatic rings. The summed E-state index contributed by atoms with van der Waals surface area (Å²) in [5.41, 5.74) is 3.57. The molecule has 0 bridgehead atoms. The summed E-state index contributed by atoms with van der Waals surface area (Å²) >= 11 is 0. The van der Waals surface area contributed by atoms with Gasteiger partial charge < -0.3 is 9.30 Å². The summed E-state index contributed by atoms with van der Waals surface area (Å²) in [7, 11) is 0. The molecule has 0 aliphatic carbocycles. The number of rotatable bonds is 4. The van der Waals surface area contributed by atoms with E-state index in [0.717, 1.165) is 28.2 Å². The molecule has 2 aromatic carbocycles. The number of hydrogen-bond donors (Lipinski definition) is 0. The smallest absolute Gasteiger partial charge is 0.132 e. The monoisotopic (exact) mass is 364 g/mol. The van der Waals surface area contributed by atoms with Gasteiger partial charge in [-0.05, 0) is 60.0 Å². The van der Waals surface area contributed by atoms with Gasteiger partial charge >= 0.3 is 0 Å². The minimum absolute atomic E-state index is 0.256. The van der Waals surface area contributed by atoms with Crippen LogP contribution in [0, 0.1) is 18.6 Å². The van der Waals surface area contributed by atoms with Crippen LogP contribution in [0.25, 0.3) is 11.8 Å². The van der Waals surface area contributed by atoms with Gasteiger partial charge in [-0.15, -0.1) is 0 Å². The molecule has 5 heteroatoms. The molecule has 0 atom stereocenters. The predicted molar refractivity (Wildman–Crippen MR) is 101 cm³/mol. The van der Waals surface area contributed by atoms with Crippen LogP contribution in [0.4, 0.5) is 8.78 Å². The van der Waals surface area contributed by atoms with Crippen LogP contribution in [0.3, 0.4) is 0 Å². The lowest BCUT2D eigenvalue weighted by atomic mass is 10.0. The highest BCUT2D eigenvalue weighted by Gasteiger charge is 2.12. The van der Waals surface area contributed by atoms with E-state index in [2.05, 4.69) is 4.98 Å². The number of fused-ring (bicyclic) bond motifs is 1. The molecule has 3 aromatic rings. The standard InChI is InChI=1S/C22H18F2N2O/c1-15-5-6-18(24)11-21(15)16-3-2-4-22-25-19(13-26(22)12-16)14-27-20-9-7-17(23)8-10-20/h2-3,5-13H,4,14H2,1H3. The molecule has 0 spiro atoms. The summed E-state index contributed by atoms with van der Waals surface area (Å²) in [6, 6.07) is 10.7. The van der Waals surface area contributed by atoms with Gasteiger partial charge in [-0.25, -0.2) is 13.8 Å². The molecule has 1 aliphatic heterocycles. The van der Waals surface area contributed by atoms with E-state index in [4.69, 9.17) is 4.74 Å². The van der Waals surface area contributed by atoms with Crippen LogP contribution in [0.1, 0.15) is 22.6 Å². The van der Waals surface area contributed by atoms with Crippen LogP contribution >= 0.6 is 0 Å². The first kappa shape index (κ1) is 17.2. The van der Waals surface area contributed by atoms with E-state index in [1.54, 1.807) is 24.3 Å². The van der Waals surface area contributed by atoms with Gasteiger partial charge in [0.1, 0.15) is 29.8 Å². The summed E-state index contributed by atoms with van der Waals surface area (Å²) in [5.74, 6) is 0.917. The molecule has 1 aromatic heterocycles. The molecule has 0 radical (unpaired) electrons. The molecule has 0 saturated carbocycles. The summed E-state index contributed by atoms with van der Waals surface area (Å²) in [4.78, 5) is 4.61.